The summed E-state index contributed by atoms with van der Waals surface area (Å²) < 4.78 is 38.6. The molecule has 0 saturated carbocycles. The first-order valence-corrected chi connectivity index (χ1v) is 6.63. The number of aromatic nitrogens is 2. The van der Waals surface area contributed by atoms with Crippen LogP contribution in [0.4, 0.5) is 18.9 Å². The Bertz CT molecular complexity index is 863. The van der Waals surface area contributed by atoms with Gasteiger partial charge in [0.25, 0.3) is 5.91 Å². The highest BCUT2D eigenvalue weighted by atomic mass is 19.4. The molecule has 0 unspecified atom stereocenters. The van der Waals surface area contributed by atoms with E-state index in [1.54, 1.807) is 12.1 Å². The maximum absolute atomic E-state index is 12.9. The van der Waals surface area contributed by atoms with Crippen LogP contribution in [0, 0.1) is 0 Å². The Balaban J connectivity index is 2.02. The average Bonchev–Trinajstić information content (AvgIpc) is 2.54. The number of carbonyl (C=O) groups excluding carboxylic acids is 1. The van der Waals surface area contributed by atoms with Crippen molar-refractivity contribution in [2.24, 2.45) is 0 Å². The number of amides is 1. The van der Waals surface area contributed by atoms with Crippen LogP contribution in [0.5, 0.6) is 0 Å². The van der Waals surface area contributed by atoms with E-state index in [1.165, 1.54) is 30.6 Å². The molecule has 0 aliphatic rings. The molecule has 0 saturated heterocycles. The van der Waals surface area contributed by atoms with Gasteiger partial charge < -0.3 is 5.32 Å². The summed E-state index contributed by atoms with van der Waals surface area (Å²) in [5.74, 6) is -0.504. The molecule has 4 nitrogen and oxygen atoms in total. The van der Waals surface area contributed by atoms with Crippen molar-refractivity contribution in [3.05, 3.63) is 66.1 Å². The van der Waals surface area contributed by atoms with Crippen LogP contribution in [-0.4, -0.2) is 15.9 Å². The van der Waals surface area contributed by atoms with Crippen molar-refractivity contribution in [1.29, 1.82) is 0 Å². The third-order valence-corrected chi connectivity index (χ3v) is 3.21. The summed E-state index contributed by atoms with van der Waals surface area (Å²) in [6.07, 6.45) is -1.59. The molecule has 0 atom stereocenters. The highest BCUT2D eigenvalue weighted by Crippen LogP contribution is 2.33. The molecule has 3 rings (SSSR count). The lowest BCUT2D eigenvalue weighted by Crippen LogP contribution is -2.14. The first kappa shape index (κ1) is 15.0. The fourth-order valence-electron chi connectivity index (χ4n) is 2.11. The van der Waals surface area contributed by atoms with Crippen molar-refractivity contribution in [2.45, 2.75) is 6.18 Å². The number of hydrogen-bond donors (Lipinski definition) is 1. The number of nitrogens with zero attached hydrogens (tertiary/aromatic N) is 2. The molecule has 0 aliphatic carbocycles. The predicted molar refractivity (Wildman–Crippen MR) is 78.9 cm³/mol. The first-order chi connectivity index (χ1) is 10.9. The number of anilines is 1. The van der Waals surface area contributed by atoms with E-state index in [2.05, 4.69) is 15.3 Å². The van der Waals surface area contributed by atoms with E-state index < -0.39 is 17.6 Å². The van der Waals surface area contributed by atoms with Crippen molar-refractivity contribution in [3.8, 4) is 0 Å². The third kappa shape index (κ3) is 3.13. The molecule has 23 heavy (non-hydrogen) atoms. The van der Waals surface area contributed by atoms with Crippen molar-refractivity contribution >= 4 is 22.5 Å². The number of rotatable bonds is 2. The molecule has 0 radical (unpaired) electrons. The Morgan fingerprint density at radius 3 is 2.52 bits per heavy atom. The predicted octanol–water partition coefficient (Wildman–Crippen LogP) is 3.90. The lowest BCUT2D eigenvalue weighted by molar-refractivity contribution is -0.137. The number of carbonyl (C=O) groups is 1. The van der Waals surface area contributed by atoms with E-state index in [-0.39, 0.29) is 16.8 Å². The zero-order valence-electron chi connectivity index (χ0n) is 11.6. The van der Waals surface area contributed by atoms with E-state index in [9.17, 15) is 18.0 Å². The normalized spacial score (nSPS) is 11.4. The first-order valence-electron chi connectivity index (χ1n) is 6.63. The van der Waals surface area contributed by atoms with Crippen molar-refractivity contribution in [2.75, 3.05) is 5.32 Å². The summed E-state index contributed by atoms with van der Waals surface area (Å²) in [5, 5.41) is 2.79. The molecule has 0 bridgehead atoms. The van der Waals surface area contributed by atoms with E-state index in [4.69, 9.17) is 0 Å². The molecule has 116 valence electrons. The SMILES string of the molecule is O=C(Nc1ccnc2ccc(C(F)(F)F)cc12)c1ccccn1. The van der Waals surface area contributed by atoms with E-state index in [1.807, 2.05) is 0 Å². The molecular formula is C16H10F3N3O. The Labute approximate surface area is 129 Å². The van der Waals surface area contributed by atoms with E-state index >= 15 is 0 Å². The van der Waals surface area contributed by atoms with Crippen LogP contribution >= 0.6 is 0 Å². The number of nitrogens with one attached hydrogen (secondary N) is 1. The molecule has 0 fully saturated rings. The van der Waals surface area contributed by atoms with Gasteiger partial charge in [-0.05, 0) is 36.4 Å². The summed E-state index contributed by atoms with van der Waals surface area (Å²) >= 11 is 0. The second kappa shape index (κ2) is 5.68. The molecule has 2 heterocycles. The van der Waals surface area contributed by atoms with E-state index in [0.29, 0.717) is 5.52 Å². The molecule has 3 aromatic rings. The molecule has 1 N–H and O–H groups in total. The van der Waals surface area contributed by atoms with Crippen molar-refractivity contribution < 1.29 is 18.0 Å². The number of benzene rings is 1. The summed E-state index contributed by atoms with van der Waals surface area (Å²) in [7, 11) is 0. The molecule has 1 amide bonds. The lowest BCUT2D eigenvalue weighted by Gasteiger charge is -2.11. The summed E-state index contributed by atoms with van der Waals surface area (Å²) in [6.45, 7) is 0. The maximum atomic E-state index is 12.9. The van der Waals surface area contributed by atoms with Gasteiger partial charge in [-0.3, -0.25) is 14.8 Å². The summed E-state index contributed by atoms with van der Waals surface area (Å²) in [6, 6.07) is 9.47. The fourth-order valence-corrected chi connectivity index (χ4v) is 2.11. The van der Waals surface area contributed by atoms with Crippen LogP contribution in [0.1, 0.15) is 16.1 Å². The highest BCUT2D eigenvalue weighted by Gasteiger charge is 2.30. The number of halogens is 3. The molecule has 0 aliphatic heterocycles. The van der Waals surface area contributed by atoms with Gasteiger partial charge in [-0.1, -0.05) is 6.07 Å². The van der Waals surface area contributed by atoms with Crippen LogP contribution in [-0.2, 0) is 6.18 Å². The average molecular weight is 317 g/mol. The molecule has 7 heteroatoms. The van der Waals surface area contributed by atoms with Crippen LogP contribution in [0.2, 0.25) is 0 Å². The van der Waals surface area contributed by atoms with Gasteiger partial charge in [0.15, 0.2) is 0 Å². The lowest BCUT2D eigenvalue weighted by atomic mass is 10.1. The van der Waals surface area contributed by atoms with Crippen LogP contribution in [0.3, 0.4) is 0 Å². The summed E-state index contributed by atoms with van der Waals surface area (Å²) in [5.41, 5.74) is -0.0238. The smallest absolute Gasteiger partial charge is 0.320 e. The molecule has 2 aromatic heterocycles. The van der Waals surface area contributed by atoms with Gasteiger partial charge in [-0.15, -0.1) is 0 Å². The van der Waals surface area contributed by atoms with Crippen molar-refractivity contribution in [1.82, 2.24) is 9.97 Å². The van der Waals surface area contributed by atoms with Gasteiger partial charge in [0.2, 0.25) is 0 Å². The van der Waals surface area contributed by atoms with Gasteiger partial charge in [-0.2, -0.15) is 13.2 Å². The minimum Gasteiger partial charge on any atom is -0.320 e. The van der Waals surface area contributed by atoms with E-state index in [0.717, 1.165) is 12.1 Å². The van der Waals surface area contributed by atoms with Gasteiger partial charge in [-0.25, -0.2) is 0 Å². The Morgan fingerprint density at radius 2 is 1.83 bits per heavy atom. The summed E-state index contributed by atoms with van der Waals surface area (Å²) in [4.78, 5) is 20.0. The Hall–Kier alpha value is -2.96. The largest absolute Gasteiger partial charge is 0.416 e. The van der Waals surface area contributed by atoms with Crippen LogP contribution < -0.4 is 5.32 Å². The topological polar surface area (TPSA) is 54.9 Å². The second-order valence-corrected chi connectivity index (χ2v) is 4.76. The number of hydrogen-bond acceptors (Lipinski definition) is 3. The second-order valence-electron chi connectivity index (χ2n) is 4.76. The van der Waals surface area contributed by atoms with Gasteiger partial charge in [0.1, 0.15) is 5.69 Å². The number of alkyl halides is 3. The highest BCUT2D eigenvalue weighted by molar-refractivity contribution is 6.07. The van der Waals surface area contributed by atoms with Gasteiger partial charge in [0.05, 0.1) is 16.8 Å². The Kier molecular flexibility index (Phi) is 3.69. The molecule has 0 spiro atoms. The maximum Gasteiger partial charge on any atom is 0.416 e. The minimum absolute atomic E-state index is 0.171. The quantitative estimate of drug-likeness (QED) is 0.780. The van der Waals surface area contributed by atoms with Gasteiger partial charge in [0, 0.05) is 17.8 Å². The number of fused-ring (bicyclic) bond motifs is 1. The molecular weight excluding hydrogens is 307 g/mol. The number of pyridine rings is 2. The third-order valence-electron chi connectivity index (χ3n) is 3.21. The zero-order valence-corrected chi connectivity index (χ0v) is 11.6. The standard InChI is InChI=1S/C16H10F3N3O/c17-16(18,19)10-4-5-12-11(9-10)13(6-8-21-12)22-15(23)14-3-1-2-7-20-14/h1-9H,(H,21,22,23). The van der Waals surface area contributed by atoms with Crippen molar-refractivity contribution in [3.63, 3.8) is 0 Å². The molecule has 1 aromatic carbocycles. The van der Waals surface area contributed by atoms with Crippen LogP contribution in [0.15, 0.2) is 54.9 Å². The van der Waals surface area contributed by atoms with Crippen LogP contribution in [0.25, 0.3) is 10.9 Å². The monoisotopic (exact) mass is 317 g/mol. The van der Waals surface area contributed by atoms with Gasteiger partial charge >= 0.3 is 6.18 Å². The fraction of sp³-hybridized carbons (Fsp3) is 0.0625. The minimum atomic E-state index is -4.47. The zero-order chi connectivity index (χ0) is 16.4. The Morgan fingerprint density at radius 1 is 1.00 bits per heavy atom.